The lowest BCUT2D eigenvalue weighted by Gasteiger charge is -2.07. The lowest BCUT2D eigenvalue weighted by molar-refractivity contribution is -0.138. The molecule has 0 saturated heterocycles. The number of aryl methyl sites for hydroxylation is 1. The Balaban J connectivity index is 1.89. The Morgan fingerprint density at radius 1 is 1.08 bits per heavy atom. The number of nitrogens with zero attached hydrogens (tertiary/aromatic N) is 1. The van der Waals surface area contributed by atoms with Crippen LogP contribution in [0.1, 0.15) is 37.0 Å². The summed E-state index contributed by atoms with van der Waals surface area (Å²) in [4.78, 5) is 16.1. The Labute approximate surface area is 150 Å². The molecule has 25 heavy (non-hydrogen) atoms. The Morgan fingerprint density at radius 3 is 2.36 bits per heavy atom. The molecule has 0 amide bonds. The zero-order chi connectivity index (χ0) is 18.1. The predicted octanol–water partition coefficient (Wildman–Crippen LogP) is 5.35. The molecular weight excluding hydrogens is 310 g/mol. The van der Waals surface area contributed by atoms with Crippen LogP contribution >= 0.6 is 0 Å². The third kappa shape index (κ3) is 6.76. The molecule has 2 rings (SSSR count). The lowest BCUT2D eigenvalue weighted by Crippen LogP contribution is -2.08. The van der Waals surface area contributed by atoms with Crippen LogP contribution in [-0.2, 0) is 9.53 Å². The fourth-order valence-corrected chi connectivity index (χ4v) is 2.03. The van der Waals surface area contributed by atoms with Gasteiger partial charge < -0.3 is 4.74 Å². The lowest BCUT2D eigenvalue weighted by atomic mass is 10.1. The maximum Gasteiger partial charge on any atom is 0.330 e. The molecule has 3 nitrogen and oxygen atoms in total. The van der Waals surface area contributed by atoms with Crippen molar-refractivity contribution in [2.75, 3.05) is 6.61 Å². The first-order valence-electron chi connectivity index (χ1n) is 8.62. The van der Waals surface area contributed by atoms with Crippen molar-refractivity contribution < 1.29 is 9.53 Å². The molecule has 0 aliphatic carbocycles. The van der Waals surface area contributed by atoms with Gasteiger partial charge in [-0.25, -0.2) is 4.79 Å². The van der Waals surface area contributed by atoms with Crippen LogP contribution in [-0.4, -0.2) is 18.8 Å². The van der Waals surface area contributed by atoms with E-state index in [1.54, 1.807) is 6.08 Å². The van der Waals surface area contributed by atoms with Crippen LogP contribution in [0.4, 0.5) is 5.69 Å². The first kappa shape index (κ1) is 18.7. The highest BCUT2D eigenvalue weighted by Gasteiger charge is 2.02. The zero-order valence-electron chi connectivity index (χ0n) is 15.1. The first-order valence-corrected chi connectivity index (χ1v) is 8.62. The van der Waals surface area contributed by atoms with Crippen molar-refractivity contribution in [2.45, 2.75) is 27.2 Å². The highest BCUT2D eigenvalue weighted by molar-refractivity contribution is 5.87. The topological polar surface area (TPSA) is 38.7 Å². The quantitative estimate of drug-likeness (QED) is 0.389. The smallest absolute Gasteiger partial charge is 0.330 e. The fraction of sp³-hybridized carbons (Fsp3) is 0.273. The summed E-state index contributed by atoms with van der Waals surface area (Å²) in [6.07, 6.45) is 6.07. The van der Waals surface area contributed by atoms with E-state index in [-0.39, 0.29) is 5.97 Å². The summed E-state index contributed by atoms with van der Waals surface area (Å²) in [5.74, 6) is 0.0878. The van der Waals surface area contributed by atoms with Gasteiger partial charge in [-0.3, -0.25) is 4.99 Å². The van der Waals surface area contributed by atoms with Crippen LogP contribution < -0.4 is 0 Å². The van der Waals surface area contributed by atoms with E-state index in [2.05, 4.69) is 37.9 Å². The van der Waals surface area contributed by atoms with Gasteiger partial charge in [0.25, 0.3) is 0 Å². The maximum absolute atomic E-state index is 11.7. The van der Waals surface area contributed by atoms with Crippen molar-refractivity contribution in [3.05, 3.63) is 71.3 Å². The van der Waals surface area contributed by atoms with E-state index >= 15 is 0 Å². The van der Waals surface area contributed by atoms with Crippen LogP contribution in [0.2, 0.25) is 0 Å². The second-order valence-corrected chi connectivity index (χ2v) is 6.24. The van der Waals surface area contributed by atoms with Gasteiger partial charge in [-0.05, 0) is 42.2 Å². The number of carbonyl (C=O) groups excluding carboxylic acids is 1. The van der Waals surface area contributed by atoms with Gasteiger partial charge in [0.2, 0.25) is 0 Å². The van der Waals surface area contributed by atoms with Gasteiger partial charge >= 0.3 is 5.97 Å². The monoisotopic (exact) mass is 335 g/mol. The molecule has 1 unspecified atom stereocenters. The minimum atomic E-state index is -0.304. The number of ether oxygens (including phenoxy) is 1. The third-order valence-electron chi connectivity index (χ3n) is 3.95. The number of hydrogen-bond donors (Lipinski definition) is 0. The van der Waals surface area contributed by atoms with E-state index in [1.165, 1.54) is 11.6 Å². The van der Waals surface area contributed by atoms with Gasteiger partial charge in [0.05, 0.1) is 12.3 Å². The number of hydrogen-bond acceptors (Lipinski definition) is 3. The van der Waals surface area contributed by atoms with Gasteiger partial charge in [0.15, 0.2) is 0 Å². The fourth-order valence-electron chi connectivity index (χ4n) is 2.03. The van der Waals surface area contributed by atoms with Crippen molar-refractivity contribution in [3.63, 3.8) is 0 Å². The Kier molecular flexibility index (Phi) is 7.15. The van der Waals surface area contributed by atoms with Crippen LogP contribution in [0, 0.1) is 12.8 Å². The van der Waals surface area contributed by atoms with E-state index < -0.39 is 0 Å². The van der Waals surface area contributed by atoms with Crippen LogP contribution in [0.3, 0.4) is 0 Å². The summed E-state index contributed by atoms with van der Waals surface area (Å²) < 4.78 is 5.19. The van der Waals surface area contributed by atoms with Crippen LogP contribution in [0.15, 0.2) is 59.6 Å². The average molecular weight is 335 g/mol. The second-order valence-electron chi connectivity index (χ2n) is 6.24. The molecule has 0 saturated carbocycles. The molecule has 0 aromatic heterocycles. The molecule has 3 heteroatoms. The SMILES string of the molecule is CCC(C)COC(=O)C=Cc1ccc(N=Cc2ccc(C)cc2)cc1. The Hall–Kier alpha value is -2.68. The van der Waals surface area contributed by atoms with E-state index in [0.717, 1.165) is 23.2 Å². The molecule has 0 N–H and O–H groups in total. The number of carbonyl (C=O) groups is 1. The molecular formula is C22H25NO2. The van der Waals surface area contributed by atoms with Crippen molar-refractivity contribution >= 4 is 23.9 Å². The second kappa shape index (κ2) is 9.58. The highest BCUT2D eigenvalue weighted by atomic mass is 16.5. The number of aliphatic imine (C=N–C) groups is 1. The highest BCUT2D eigenvalue weighted by Crippen LogP contribution is 2.14. The third-order valence-corrected chi connectivity index (χ3v) is 3.95. The molecule has 1 atom stereocenters. The van der Waals surface area contributed by atoms with Crippen molar-refractivity contribution in [1.29, 1.82) is 0 Å². The van der Waals surface area contributed by atoms with Crippen molar-refractivity contribution in [2.24, 2.45) is 10.9 Å². The first-order chi connectivity index (χ1) is 12.1. The summed E-state index contributed by atoms with van der Waals surface area (Å²) in [7, 11) is 0. The van der Waals surface area contributed by atoms with Crippen LogP contribution in [0.5, 0.6) is 0 Å². The van der Waals surface area contributed by atoms with Gasteiger partial charge in [-0.2, -0.15) is 0 Å². The number of benzene rings is 2. The maximum atomic E-state index is 11.7. The molecule has 0 radical (unpaired) electrons. The predicted molar refractivity (Wildman–Crippen MR) is 104 cm³/mol. The van der Waals surface area contributed by atoms with Crippen LogP contribution in [0.25, 0.3) is 6.08 Å². The molecule has 0 spiro atoms. The van der Waals surface area contributed by atoms with Crippen molar-refractivity contribution in [3.8, 4) is 0 Å². The largest absolute Gasteiger partial charge is 0.462 e. The molecule has 0 heterocycles. The Bertz CT molecular complexity index is 728. The zero-order valence-corrected chi connectivity index (χ0v) is 15.1. The molecule has 0 aliphatic heterocycles. The standard InChI is InChI=1S/C22H25NO2/c1-4-17(2)16-25-22(24)14-11-19-9-12-21(13-10-19)23-15-20-7-5-18(3)6-8-20/h5-15,17H,4,16H2,1-3H3. The van der Waals surface area contributed by atoms with E-state index in [4.69, 9.17) is 4.74 Å². The number of esters is 1. The number of rotatable bonds is 7. The van der Waals surface area contributed by atoms with Gasteiger partial charge in [-0.1, -0.05) is 62.2 Å². The summed E-state index contributed by atoms with van der Waals surface area (Å²) in [6.45, 7) is 6.67. The minimum absolute atomic E-state index is 0.304. The molecule has 0 fully saturated rings. The summed E-state index contributed by atoms with van der Waals surface area (Å²) in [5, 5.41) is 0. The molecule has 130 valence electrons. The van der Waals surface area contributed by atoms with E-state index in [0.29, 0.717) is 12.5 Å². The minimum Gasteiger partial charge on any atom is -0.462 e. The molecule has 0 aliphatic rings. The average Bonchev–Trinajstić information content (AvgIpc) is 2.64. The normalized spacial score (nSPS) is 12.6. The summed E-state index contributed by atoms with van der Waals surface area (Å²) in [5.41, 5.74) is 4.11. The molecule has 2 aromatic rings. The summed E-state index contributed by atoms with van der Waals surface area (Å²) in [6, 6.07) is 15.9. The molecule has 0 bridgehead atoms. The van der Waals surface area contributed by atoms with E-state index in [1.807, 2.05) is 42.6 Å². The summed E-state index contributed by atoms with van der Waals surface area (Å²) >= 11 is 0. The van der Waals surface area contributed by atoms with Gasteiger partial charge in [0.1, 0.15) is 0 Å². The molecule has 2 aromatic carbocycles. The van der Waals surface area contributed by atoms with Crippen molar-refractivity contribution in [1.82, 2.24) is 0 Å². The Morgan fingerprint density at radius 2 is 1.72 bits per heavy atom. The van der Waals surface area contributed by atoms with E-state index in [9.17, 15) is 4.79 Å². The van der Waals surface area contributed by atoms with Gasteiger partial charge in [-0.15, -0.1) is 0 Å². The van der Waals surface area contributed by atoms with Gasteiger partial charge in [0, 0.05) is 12.3 Å².